The molecule has 3 aromatic rings. The number of hydrogen-bond donors (Lipinski definition) is 1. The van der Waals surface area contributed by atoms with Crippen molar-refractivity contribution in [2.24, 2.45) is 5.92 Å². The van der Waals surface area contributed by atoms with Gasteiger partial charge in [-0.15, -0.1) is 0 Å². The van der Waals surface area contributed by atoms with Gasteiger partial charge in [0.05, 0.1) is 17.5 Å². The van der Waals surface area contributed by atoms with E-state index in [1.54, 1.807) is 18.2 Å². The molecular formula is C24H27Cl2N5O2. The number of nitrogens with one attached hydrogen (secondary N) is 1. The van der Waals surface area contributed by atoms with Gasteiger partial charge < -0.3 is 14.7 Å². The van der Waals surface area contributed by atoms with Crippen LogP contribution in [0.2, 0.25) is 10.0 Å². The Bertz CT molecular complexity index is 1080. The maximum Gasteiger partial charge on any atom is 0.241 e. The summed E-state index contributed by atoms with van der Waals surface area (Å²) in [6.45, 7) is 3.41. The third-order valence-corrected chi connectivity index (χ3v) is 6.37. The second-order valence-corrected chi connectivity index (χ2v) is 9.10. The van der Waals surface area contributed by atoms with Crippen LogP contribution < -0.4 is 10.2 Å². The second kappa shape index (κ2) is 11.0. The van der Waals surface area contributed by atoms with Crippen molar-refractivity contribution in [1.29, 1.82) is 0 Å². The van der Waals surface area contributed by atoms with Gasteiger partial charge in [-0.3, -0.25) is 9.69 Å². The third kappa shape index (κ3) is 6.25. The highest BCUT2D eigenvalue weighted by Crippen LogP contribution is 2.28. The minimum absolute atomic E-state index is 0.0473. The number of piperidine rings is 1. The van der Waals surface area contributed by atoms with Crippen LogP contribution in [0.5, 0.6) is 0 Å². The lowest BCUT2D eigenvalue weighted by Gasteiger charge is -2.31. The molecule has 1 atom stereocenters. The van der Waals surface area contributed by atoms with Crippen molar-refractivity contribution < 1.29 is 9.32 Å². The summed E-state index contributed by atoms with van der Waals surface area (Å²) in [7, 11) is 2.03. The summed E-state index contributed by atoms with van der Waals surface area (Å²) in [6.07, 6.45) is 1.83. The van der Waals surface area contributed by atoms with Gasteiger partial charge in [0.25, 0.3) is 0 Å². The number of nitrogens with zero attached hydrogens (tertiary/aromatic N) is 4. The van der Waals surface area contributed by atoms with E-state index < -0.39 is 0 Å². The Hall–Kier alpha value is -2.61. The Morgan fingerprint density at radius 2 is 2.06 bits per heavy atom. The molecule has 0 aliphatic carbocycles. The number of likely N-dealkylation sites (N-methyl/N-ethyl adjacent to an activating group) is 1. The molecule has 1 aliphatic rings. The molecule has 1 unspecified atom stereocenters. The van der Waals surface area contributed by atoms with Crippen LogP contribution in [0, 0.1) is 5.92 Å². The van der Waals surface area contributed by atoms with Crippen molar-refractivity contribution in [2.75, 3.05) is 38.1 Å². The average Bonchev–Trinajstić information content (AvgIpc) is 3.27. The predicted octanol–water partition coefficient (Wildman–Crippen LogP) is 4.51. The Morgan fingerprint density at radius 1 is 1.24 bits per heavy atom. The fourth-order valence-electron chi connectivity index (χ4n) is 4.01. The molecule has 9 heteroatoms. The number of likely N-dealkylation sites (tertiary alicyclic amines) is 1. The van der Waals surface area contributed by atoms with Crippen LogP contribution in [0.25, 0.3) is 11.4 Å². The SMILES string of the molecule is CN(CCNC(=O)C1CCCN(Cc2nc(-c3ccc(Cl)cc3Cl)no2)C1)c1ccccc1. The number of benzene rings is 2. The lowest BCUT2D eigenvalue weighted by Crippen LogP contribution is -2.44. The van der Waals surface area contributed by atoms with E-state index >= 15 is 0 Å². The zero-order valence-corrected chi connectivity index (χ0v) is 20.0. The van der Waals surface area contributed by atoms with Crippen LogP contribution in [-0.2, 0) is 11.3 Å². The molecule has 0 saturated carbocycles. The van der Waals surface area contributed by atoms with Crippen LogP contribution in [-0.4, -0.2) is 54.2 Å². The fraction of sp³-hybridized carbons (Fsp3) is 0.375. The minimum atomic E-state index is -0.0473. The number of hydrogen-bond acceptors (Lipinski definition) is 6. The van der Waals surface area contributed by atoms with Gasteiger partial charge >= 0.3 is 0 Å². The molecule has 1 saturated heterocycles. The maximum atomic E-state index is 12.7. The fourth-order valence-corrected chi connectivity index (χ4v) is 4.50. The largest absolute Gasteiger partial charge is 0.373 e. The lowest BCUT2D eigenvalue weighted by atomic mass is 9.97. The molecule has 2 heterocycles. The van der Waals surface area contributed by atoms with E-state index in [1.807, 2.05) is 25.2 Å². The molecular weight excluding hydrogens is 461 g/mol. The summed E-state index contributed by atoms with van der Waals surface area (Å²) in [5, 5.41) is 8.17. The molecule has 7 nitrogen and oxygen atoms in total. The van der Waals surface area contributed by atoms with E-state index in [0.717, 1.165) is 31.6 Å². The van der Waals surface area contributed by atoms with Crippen molar-refractivity contribution in [1.82, 2.24) is 20.4 Å². The van der Waals surface area contributed by atoms with Gasteiger partial charge in [-0.1, -0.05) is 46.6 Å². The summed E-state index contributed by atoms with van der Waals surface area (Å²) in [5.74, 6) is 0.983. The molecule has 33 heavy (non-hydrogen) atoms. The Kier molecular flexibility index (Phi) is 7.85. The monoisotopic (exact) mass is 487 g/mol. The van der Waals surface area contributed by atoms with Gasteiger partial charge in [-0.05, 0) is 49.7 Å². The molecule has 1 amide bonds. The maximum absolute atomic E-state index is 12.7. The molecule has 0 radical (unpaired) electrons. The van der Waals surface area contributed by atoms with Crippen LogP contribution in [0.3, 0.4) is 0 Å². The molecule has 1 aromatic heterocycles. The molecule has 1 fully saturated rings. The molecule has 1 N–H and O–H groups in total. The summed E-state index contributed by atoms with van der Waals surface area (Å²) >= 11 is 12.2. The third-order valence-electron chi connectivity index (χ3n) is 5.82. The van der Waals surface area contributed by atoms with Crippen LogP contribution >= 0.6 is 23.2 Å². The van der Waals surface area contributed by atoms with Crippen LogP contribution in [0.15, 0.2) is 53.1 Å². The molecule has 0 spiro atoms. The van der Waals surface area contributed by atoms with Crippen molar-refractivity contribution in [3.63, 3.8) is 0 Å². The smallest absolute Gasteiger partial charge is 0.241 e. The standard InChI is InChI=1S/C24H27Cl2N5O2/c1-30(19-7-3-2-4-8-19)13-11-27-24(32)17-6-5-12-31(15-17)16-22-28-23(29-33-22)20-10-9-18(25)14-21(20)26/h2-4,7-10,14,17H,5-6,11-13,15-16H2,1H3,(H,27,32). The van der Waals surface area contributed by atoms with Gasteiger partial charge in [0.15, 0.2) is 0 Å². The highest BCUT2D eigenvalue weighted by atomic mass is 35.5. The summed E-state index contributed by atoms with van der Waals surface area (Å²) in [6, 6.07) is 15.3. The number of amides is 1. The topological polar surface area (TPSA) is 74.5 Å². The molecule has 4 rings (SSSR count). The Morgan fingerprint density at radius 3 is 2.85 bits per heavy atom. The van der Waals surface area contributed by atoms with E-state index in [9.17, 15) is 4.79 Å². The number of halogens is 2. The first-order valence-corrected chi connectivity index (χ1v) is 11.8. The van der Waals surface area contributed by atoms with Crippen LogP contribution in [0.1, 0.15) is 18.7 Å². The predicted molar refractivity (Wildman–Crippen MR) is 130 cm³/mol. The first-order valence-electron chi connectivity index (χ1n) is 11.0. The van der Waals surface area contributed by atoms with Crippen molar-refractivity contribution in [2.45, 2.75) is 19.4 Å². The van der Waals surface area contributed by atoms with Crippen molar-refractivity contribution >= 4 is 34.8 Å². The van der Waals surface area contributed by atoms with Gasteiger partial charge in [0, 0.05) is 43.0 Å². The molecule has 174 valence electrons. The summed E-state index contributed by atoms with van der Waals surface area (Å²) < 4.78 is 5.44. The first kappa shape index (κ1) is 23.5. The zero-order chi connectivity index (χ0) is 23.2. The number of aromatic nitrogens is 2. The number of carbonyl (C=O) groups excluding carboxylic acids is 1. The van der Waals surface area contributed by atoms with Crippen molar-refractivity contribution in [3.05, 3.63) is 64.5 Å². The minimum Gasteiger partial charge on any atom is -0.373 e. The molecule has 1 aliphatic heterocycles. The first-order chi connectivity index (χ1) is 16.0. The Balaban J connectivity index is 1.27. The highest BCUT2D eigenvalue weighted by molar-refractivity contribution is 6.36. The quantitative estimate of drug-likeness (QED) is 0.503. The van der Waals surface area contributed by atoms with Gasteiger partial charge in [0.2, 0.25) is 17.6 Å². The Labute approximate surface area is 203 Å². The van der Waals surface area contributed by atoms with Gasteiger partial charge in [0.1, 0.15) is 0 Å². The second-order valence-electron chi connectivity index (χ2n) is 8.26. The normalized spacial score (nSPS) is 16.5. The van der Waals surface area contributed by atoms with Crippen molar-refractivity contribution in [3.8, 4) is 11.4 Å². The zero-order valence-electron chi connectivity index (χ0n) is 18.5. The molecule has 0 bridgehead atoms. The van der Waals surface area contributed by atoms with E-state index in [0.29, 0.717) is 47.0 Å². The summed E-state index contributed by atoms with van der Waals surface area (Å²) in [4.78, 5) is 21.5. The van der Waals surface area contributed by atoms with E-state index in [2.05, 4.69) is 37.4 Å². The number of anilines is 1. The van der Waals surface area contributed by atoms with Gasteiger partial charge in [-0.25, -0.2) is 0 Å². The van der Waals surface area contributed by atoms with Crippen LogP contribution in [0.4, 0.5) is 5.69 Å². The highest BCUT2D eigenvalue weighted by Gasteiger charge is 2.27. The van der Waals surface area contributed by atoms with E-state index in [-0.39, 0.29) is 11.8 Å². The van der Waals surface area contributed by atoms with E-state index in [4.69, 9.17) is 27.7 Å². The number of rotatable bonds is 8. The molecule has 2 aromatic carbocycles. The number of para-hydroxylation sites is 1. The van der Waals surface area contributed by atoms with Gasteiger partial charge in [-0.2, -0.15) is 4.98 Å². The lowest BCUT2D eigenvalue weighted by molar-refractivity contribution is -0.126. The number of carbonyl (C=O) groups is 1. The summed E-state index contributed by atoms with van der Waals surface area (Å²) in [5.41, 5.74) is 1.81. The van der Waals surface area contributed by atoms with E-state index in [1.165, 1.54) is 0 Å². The average molecular weight is 488 g/mol.